The lowest BCUT2D eigenvalue weighted by atomic mass is 10.0. The summed E-state index contributed by atoms with van der Waals surface area (Å²) in [5.74, 6) is 1.53. The molecule has 1 fully saturated rings. The number of hydrogen-bond donors (Lipinski definition) is 2. The number of anilines is 2. The summed E-state index contributed by atoms with van der Waals surface area (Å²) in [6, 6.07) is 3.79. The van der Waals surface area contributed by atoms with Crippen LogP contribution in [0.25, 0.3) is 16.3 Å². The van der Waals surface area contributed by atoms with Crippen molar-refractivity contribution in [1.29, 1.82) is 0 Å². The third-order valence-corrected chi connectivity index (χ3v) is 4.85. The van der Waals surface area contributed by atoms with Crippen LogP contribution in [0.3, 0.4) is 0 Å². The van der Waals surface area contributed by atoms with Gasteiger partial charge in [0.1, 0.15) is 11.6 Å². The van der Waals surface area contributed by atoms with E-state index in [1.54, 1.807) is 12.4 Å². The molecule has 0 aliphatic heterocycles. The third kappa shape index (κ3) is 3.64. The highest BCUT2D eigenvalue weighted by Crippen LogP contribution is 2.38. The van der Waals surface area contributed by atoms with Crippen LogP contribution in [0.1, 0.15) is 32.9 Å². The Bertz CT molecular complexity index is 945. The van der Waals surface area contributed by atoms with Gasteiger partial charge < -0.3 is 11.1 Å². The number of aliphatic imine (C=N–C) groups is 1. The minimum Gasteiger partial charge on any atom is -0.383 e. The van der Waals surface area contributed by atoms with Crippen molar-refractivity contribution in [1.82, 2.24) is 9.97 Å². The zero-order valence-electron chi connectivity index (χ0n) is 15.3. The molecule has 2 heterocycles. The highest BCUT2D eigenvalue weighted by atomic mass is 16.2. The monoisotopic (exact) mass is 349 g/mol. The summed E-state index contributed by atoms with van der Waals surface area (Å²) in [5, 5.41) is 4.54. The number of nitrogen functional groups attached to an aromatic ring is 1. The predicted molar refractivity (Wildman–Crippen MR) is 107 cm³/mol. The molecular formula is C20H23N5O. The minimum atomic E-state index is 0.0283. The van der Waals surface area contributed by atoms with Gasteiger partial charge in [-0.25, -0.2) is 9.97 Å². The standard InChI is InChI=1S/C20H23N5O/c1-11(5-6-22-4)13(3)17-8-14-9-18(23-10-16(14)19(21)24-17)25-20(26)15-7-12(15)2/h5-6,8-10,12,15H,4,7H2,1-3H3,(H2,21,24)(H,23,25,26)/b6-5-,13-11+/t12-,15-/m0/s1. The Balaban J connectivity index is 1.96. The quantitative estimate of drug-likeness (QED) is 0.634. The first-order valence-corrected chi connectivity index (χ1v) is 8.58. The van der Waals surface area contributed by atoms with Crippen molar-refractivity contribution in [2.45, 2.75) is 27.2 Å². The number of allylic oxidation sites excluding steroid dienone is 3. The van der Waals surface area contributed by atoms with Gasteiger partial charge in [-0.15, -0.1) is 0 Å². The van der Waals surface area contributed by atoms with Gasteiger partial charge in [0, 0.05) is 23.7 Å². The number of pyridine rings is 2. The lowest BCUT2D eigenvalue weighted by Crippen LogP contribution is -2.15. The Morgan fingerprint density at radius 3 is 2.81 bits per heavy atom. The molecule has 3 N–H and O–H groups in total. The molecule has 2 aromatic rings. The zero-order chi connectivity index (χ0) is 18.8. The third-order valence-electron chi connectivity index (χ3n) is 4.85. The van der Waals surface area contributed by atoms with Gasteiger partial charge in [0.05, 0.1) is 5.69 Å². The van der Waals surface area contributed by atoms with Gasteiger partial charge in [-0.1, -0.05) is 6.92 Å². The molecule has 1 amide bonds. The lowest BCUT2D eigenvalue weighted by molar-refractivity contribution is -0.117. The first-order valence-electron chi connectivity index (χ1n) is 8.58. The SMILES string of the molecule is C=N/C=C\C(C)=C(/C)c1cc2cc(NC(=O)[C@H]3C[C@@H]3C)ncc2c(N)n1. The van der Waals surface area contributed by atoms with E-state index in [1.807, 2.05) is 32.1 Å². The molecule has 1 aliphatic rings. The molecule has 0 unspecified atom stereocenters. The van der Waals surface area contributed by atoms with E-state index < -0.39 is 0 Å². The van der Waals surface area contributed by atoms with Gasteiger partial charge >= 0.3 is 0 Å². The van der Waals surface area contributed by atoms with Gasteiger partial charge in [-0.3, -0.25) is 9.79 Å². The number of carbonyl (C=O) groups is 1. The van der Waals surface area contributed by atoms with Gasteiger partial charge in [0.25, 0.3) is 0 Å². The van der Waals surface area contributed by atoms with Crippen LogP contribution in [0.15, 0.2) is 41.2 Å². The number of aromatic nitrogens is 2. The van der Waals surface area contributed by atoms with Crippen molar-refractivity contribution in [3.8, 4) is 0 Å². The van der Waals surface area contributed by atoms with Crippen LogP contribution in [-0.2, 0) is 4.79 Å². The molecule has 0 spiro atoms. The van der Waals surface area contributed by atoms with Gasteiger partial charge in [0.2, 0.25) is 5.91 Å². The van der Waals surface area contributed by atoms with E-state index in [2.05, 4.69) is 33.9 Å². The molecule has 1 aliphatic carbocycles. The van der Waals surface area contributed by atoms with Crippen molar-refractivity contribution >= 4 is 40.6 Å². The van der Waals surface area contributed by atoms with Crippen LogP contribution in [0.4, 0.5) is 11.6 Å². The molecule has 2 aromatic heterocycles. The Morgan fingerprint density at radius 1 is 1.42 bits per heavy atom. The Morgan fingerprint density at radius 2 is 2.15 bits per heavy atom. The number of fused-ring (bicyclic) bond motifs is 1. The number of nitrogens with zero attached hydrogens (tertiary/aromatic N) is 3. The van der Waals surface area contributed by atoms with E-state index in [4.69, 9.17) is 5.73 Å². The molecule has 0 bridgehead atoms. The topological polar surface area (TPSA) is 93.3 Å². The van der Waals surface area contributed by atoms with Crippen LogP contribution in [0, 0.1) is 11.8 Å². The fraction of sp³-hybridized carbons (Fsp3) is 0.300. The average molecular weight is 349 g/mol. The van der Waals surface area contributed by atoms with E-state index in [0.717, 1.165) is 34.0 Å². The minimum absolute atomic E-state index is 0.0283. The fourth-order valence-electron chi connectivity index (χ4n) is 2.83. The summed E-state index contributed by atoms with van der Waals surface area (Å²) in [5.41, 5.74) is 8.91. The largest absolute Gasteiger partial charge is 0.383 e. The highest BCUT2D eigenvalue weighted by molar-refractivity contribution is 5.98. The predicted octanol–water partition coefficient (Wildman–Crippen LogP) is 3.81. The van der Waals surface area contributed by atoms with Crippen LogP contribution in [0.5, 0.6) is 0 Å². The Labute approximate surface area is 152 Å². The van der Waals surface area contributed by atoms with Gasteiger partial charge in [-0.2, -0.15) is 0 Å². The fourth-order valence-corrected chi connectivity index (χ4v) is 2.83. The van der Waals surface area contributed by atoms with E-state index in [9.17, 15) is 4.79 Å². The van der Waals surface area contributed by atoms with E-state index in [-0.39, 0.29) is 11.8 Å². The van der Waals surface area contributed by atoms with Crippen LogP contribution in [0.2, 0.25) is 0 Å². The first kappa shape index (κ1) is 17.8. The van der Waals surface area contributed by atoms with E-state index in [1.165, 1.54) is 0 Å². The summed E-state index contributed by atoms with van der Waals surface area (Å²) in [6.45, 7) is 9.47. The van der Waals surface area contributed by atoms with E-state index >= 15 is 0 Å². The van der Waals surface area contributed by atoms with Gasteiger partial charge in [-0.05, 0) is 67.6 Å². The first-order chi connectivity index (χ1) is 12.4. The molecule has 0 radical (unpaired) electrons. The number of amides is 1. The van der Waals surface area contributed by atoms with Crippen molar-refractivity contribution in [2.75, 3.05) is 11.1 Å². The van der Waals surface area contributed by atoms with Crippen molar-refractivity contribution in [3.05, 3.63) is 41.9 Å². The molecule has 134 valence electrons. The number of nitrogens with two attached hydrogens (primary N) is 1. The second-order valence-electron chi connectivity index (χ2n) is 6.80. The number of nitrogens with one attached hydrogen (secondary N) is 1. The molecular weight excluding hydrogens is 326 g/mol. The molecule has 6 heteroatoms. The molecule has 0 aromatic carbocycles. The summed E-state index contributed by atoms with van der Waals surface area (Å²) in [6.07, 6.45) is 6.11. The Kier molecular flexibility index (Phi) is 4.84. The Hall–Kier alpha value is -3.02. The van der Waals surface area contributed by atoms with Crippen molar-refractivity contribution in [3.63, 3.8) is 0 Å². The number of carbonyl (C=O) groups excluding carboxylic acids is 1. The normalized spacial score (nSPS) is 20.1. The van der Waals surface area contributed by atoms with Crippen LogP contribution >= 0.6 is 0 Å². The maximum absolute atomic E-state index is 12.1. The summed E-state index contributed by atoms with van der Waals surface area (Å²) >= 11 is 0. The van der Waals surface area contributed by atoms with Crippen LogP contribution < -0.4 is 11.1 Å². The lowest BCUT2D eigenvalue weighted by Gasteiger charge is -2.10. The summed E-state index contributed by atoms with van der Waals surface area (Å²) in [7, 11) is 0. The molecule has 3 rings (SSSR count). The molecule has 6 nitrogen and oxygen atoms in total. The van der Waals surface area contributed by atoms with Crippen LogP contribution in [-0.4, -0.2) is 22.6 Å². The molecule has 1 saturated carbocycles. The molecule has 2 atom stereocenters. The molecule has 26 heavy (non-hydrogen) atoms. The maximum atomic E-state index is 12.1. The zero-order valence-corrected chi connectivity index (χ0v) is 15.3. The highest BCUT2D eigenvalue weighted by Gasteiger charge is 2.39. The number of rotatable bonds is 5. The second-order valence-corrected chi connectivity index (χ2v) is 6.80. The second kappa shape index (κ2) is 7.07. The smallest absolute Gasteiger partial charge is 0.228 e. The summed E-state index contributed by atoms with van der Waals surface area (Å²) in [4.78, 5) is 24.6. The van der Waals surface area contributed by atoms with Gasteiger partial charge in [0.15, 0.2) is 0 Å². The van der Waals surface area contributed by atoms with Crippen molar-refractivity contribution < 1.29 is 4.79 Å². The number of hydrogen-bond acceptors (Lipinski definition) is 5. The average Bonchev–Trinajstić information content (AvgIpc) is 3.35. The van der Waals surface area contributed by atoms with E-state index in [0.29, 0.717) is 17.6 Å². The molecule has 0 saturated heterocycles. The van der Waals surface area contributed by atoms with Crippen molar-refractivity contribution in [2.24, 2.45) is 16.8 Å². The maximum Gasteiger partial charge on any atom is 0.228 e. The summed E-state index contributed by atoms with van der Waals surface area (Å²) < 4.78 is 0.